The Hall–Kier alpha value is -3.29. The zero-order valence-electron chi connectivity index (χ0n) is 15.4. The van der Waals surface area contributed by atoms with Gasteiger partial charge >= 0.3 is 0 Å². The minimum absolute atomic E-state index is 0.0591. The zero-order chi connectivity index (χ0) is 19.6. The smallest absolute Gasteiger partial charge is 0.273 e. The summed E-state index contributed by atoms with van der Waals surface area (Å²) < 4.78 is 10.6. The first kappa shape index (κ1) is 18.5. The standard InChI is InChI=1S/C19H21N3O5/c1-11-8-14(12(2)27-11)19(25)21-20-18(24)13-9-17(23)22(10-13)15-6-4-5-7-16(15)26-3/h4-8,13H,9-10H2,1-3H3,(H,20,24)(H,21,25). The maximum absolute atomic E-state index is 12.4. The average Bonchev–Trinajstić information content (AvgIpc) is 3.21. The molecule has 3 rings (SSSR count). The molecule has 3 amide bonds. The Morgan fingerprint density at radius 1 is 1.22 bits per heavy atom. The number of rotatable bonds is 4. The number of ether oxygens (including phenoxy) is 1. The van der Waals surface area contributed by atoms with Gasteiger partial charge in [-0.25, -0.2) is 0 Å². The van der Waals surface area contributed by atoms with Crippen molar-refractivity contribution in [3.05, 3.63) is 47.4 Å². The van der Waals surface area contributed by atoms with Gasteiger partial charge in [-0.1, -0.05) is 12.1 Å². The highest BCUT2D eigenvalue weighted by Gasteiger charge is 2.36. The molecule has 142 valence electrons. The van der Waals surface area contributed by atoms with Crippen molar-refractivity contribution in [3.63, 3.8) is 0 Å². The van der Waals surface area contributed by atoms with E-state index in [0.29, 0.717) is 28.5 Å². The van der Waals surface area contributed by atoms with Crippen LogP contribution in [0.5, 0.6) is 5.75 Å². The highest BCUT2D eigenvalue weighted by atomic mass is 16.5. The molecule has 1 aromatic heterocycles. The Kier molecular flexibility index (Phi) is 5.16. The molecule has 2 heterocycles. The van der Waals surface area contributed by atoms with Crippen molar-refractivity contribution < 1.29 is 23.5 Å². The molecule has 27 heavy (non-hydrogen) atoms. The van der Waals surface area contributed by atoms with Crippen molar-refractivity contribution in [1.82, 2.24) is 10.9 Å². The normalized spacial score (nSPS) is 16.3. The fourth-order valence-electron chi connectivity index (χ4n) is 3.11. The predicted molar refractivity (Wildman–Crippen MR) is 97.2 cm³/mol. The second-order valence-electron chi connectivity index (χ2n) is 6.35. The fraction of sp³-hybridized carbons (Fsp3) is 0.316. The minimum Gasteiger partial charge on any atom is -0.495 e. The van der Waals surface area contributed by atoms with Crippen LogP contribution in [0.1, 0.15) is 28.3 Å². The molecule has 0 bridgehead atoms. The number of hydrazine groups is 1. The van der Waals surface area contributed by atoms with Crippen molar-refractivity contribution in [2.45, 2.75) is 20.3 Å². The molecule has 1 fully saturated rings. The molecule has 8 heteroatoms. The number of aryl methyl sites for hydroxylation is 2. The summed E-state index contributed by atoms with van der Waals surface area (Å²) in [4.78, 5) is 38.4. The number of carbonyl (C=O) groups excluding carboxylic acids is 3. The molecule has 1 saturated heterocycles. The third kappa shape index (κ3) is 3.79. The van der Waals surface area contributed by atoms with Gasteiger partial charge in [-0.2, -0.15) is 0 Å². The molecule has 0 radical (unpaired) electrons. The summed E-state index contributed by atoms with van der Waals surface area (Å²) in [5.74, 6) is -0.000720. The van der Waals surface area contributed by atoms with Crippen molar-refractivity contribution in [3.8, 4) is 5.75 Å². The van der Waals surface area contributed by atoms with E-state index >= 15 is 0 Å². The van der Waals surface area contributed by atoms with Gasteiger partial charge in [0, 0.05) is 13.0 Å². The molecule has 0 aliphatic carbocycles. The summed E-state index contributed by atoms with van der Waals surface area (Å²) in [5.41, 5.74) is 5.73. The summed E-state index contributed by atoms with van der Waals surface area (Å²) in [6.07, 6.45) is 0.0591. The number of nitrogens with one attached hydrogen (secondary N) is 2. The monoisotopic (exact) mass is 371 g/mol. The first-order valence-electron chi connectivity index (χ1n) is 8.51. The molecule has 1 unspecified atom stereocenters. The van der Waals surface area contributed by atoms with Crippen molar-refractivity contribution in [1.29, 1.82) is 0 Å². The molecular weight excluding hydrogens is 350 g/mol. The number of para-hydroxylation sites is 2. The van der Waals surface area contributed by atoms with Crippen LogP contribution in [0, 0.1) is 19.8 Å². The number of carbonyl (C=O) groups is 3. The molecule has 8 nitrogen and oxygen atoms in total. The largest absolute Gasteiger partial charge is 0.495 e. The predicted octanol–water partition coefficient (Wildman–Crippen LogP) is 1.72. The van der Waals surface area contributed by atoms with Gasteiger partial charge in [-0.15, -0.1) is 0 Å². The molecule has 1 atom stereocenters. The Morgan fingerprint density at radius 2 is 1.96 bits per heavy atom. The van der Waals surface area contributed by atoms with Crippen LogP contribution in [0.2, 0.25) is 0 Å². The number of methoxy groups -OCH3 is 1. The topological polar surface area (TPSA) is 101 Å². The number of anilines is 1. The van der Waals surface area contributed by atoms with Crippen LogP contribution in [-0.4, -0.2) is 31.4 Å². The molecule has 1 aliphatic heterocycles. The Balaban J connectivity index is 1.62. The van der Waals surface area contributed by atoms with Crippen molar-refractivity contribution in [2.24, 2.45) is 5.92 Å². The fourth-order valence-corrected chi connectivity index (χ4v) is 3.11. The van der Waals surface area contributed by atoms with Crippen LogP contribution in [0.15, 0.2) is 34.7 Å². The van der Waals surface area contributed by atoms with E-state index in [4.69, 9.17) is 9.15 Å². The van der Waals surface area contributed by atoms with Crippen LogP contribution in [0.3, 0.4) is 0 Å². The number of amides is 3. The third-order valence-electron chi connectivity index (χ3n) is 4.46. The highest BCUT2D eigenvalue weighted by molar-refractivity contribution is 6.02. The van der Waals surface area contributed by atoms with Gasteiger partial charge in [0.2, 0.25) is 11.8 Å². The number of hydrogen-bond acceptors (Lipinski definition) is 5. The summed E-state index contributed by atoms with van der Waals surface area (Å²) in [6.45, 7) is 3.62. The minimum atomic E-state index is -0.574. The van der Waals surface area contributed by atoms with Crippen molar-refractivity contribution >= 4 is 23.4 Å². The van der Waals surface area contributed by atoms with E-state index in [1.165, 1.54) is 12.0 Å². The van der Waals surface area contributed by atoms with Crippen LogP contribution < -0.4 is 20.5 Å². The summed E-state index contributed by atoms with van der Waals surface area (Å²) >= 11 is 0. The van der Waals surface area contributed by atoms with E-state index in [1.54, 1.807) is 38.1 Å². The van der Waals surface area contributed by atoms with Gasteiger partial charge in [0.25, 0.3) is 5.91 Å². The molecule has 0 saturated carbocycles. The molecule has 1 aromatic carbocycles. The molecule has 2 aromatic rings. The van der Waals surface area contributed by atoms with Gasteiger partial charge in [0.1, 0.15) is 17.3 Å². The molecular formula is C19H21N3O5. The van der Waals surface area contributed by atoms with Crippen molar-refractivity contribution in [2.75, 3.05) is 18.6 Å². The van der Waals surface area contributed by atoms with Crippen LogP contribution in [0.4, 0.5) is 5.69 Å². The second kappa shape index (κ2) is 7.53. The van der Waals surface area contributed by atoms with Crippen LogP contribution in [-0.2, 0) is 9.59 Å². The maximum atomic E-state index is 12.4. The van der Waals surface area contributed by atoms with E-state index < -0.39 is 17.7 Å². The van der Waals surface area contributed by atoms with E-state index in [9.17, 15) is 14.4 Å². The number of nitrogens with zero attached hydrogens (tertiary/aromatic N) is 1. The lowest BCUT2D eigenvalue weighted by Gasteiger charge is -2.19. The quantitative estimate of drug-likeness (QED) is 0.797. The molecule has 1 aliphatic rings. The summed E-state index contributed by atoms with van der Waals surface area (Å²) in [5, 5.41) is 0. The van der Waals surface area contributed by atoms with Gasteiger partial charge in [-0.3, -0.25) is 25.2 Å². The van der Waals surface area contributed by atoms with E-state index in [0.717, 1.165) is 0 Å². The Bertz CT molecular complexity index is 889. The maximum Gasteiger partial charge on any atom is 0.273 e. The SMILES string of the molecule is COc1ccccc1N1CC(C(=O)NNC(=O)c2cc(C)oc2C)CC1=O. The average molecular weight is 371 g/mol. The lowest BCUT2D eigenvalue weighted by molar-refractivity contribution is -0.126. The number of furan rings is 1. The van der Waals surface area contributed by atoms with Gasteiger partial charge in [-0.05, 0) is 32.0 Å². The molecule has 0 spiro atoms. The molecule has 2 N–H and O–H groups in total. The first-order chi connectivity index (χ1) is 12.9. The number of benzene rings is 1. The first-order valence-corrected chi connectivity index (χ1v) is 8.51. The zero-order valence-corrected chi connectivity index (χ0v) is 15.4. The Labute approximate surface area is 156 Å². The van der Waals surface area contributed by atoms with E-state index in [2.05, 4.69) is 10.9 Å². The Morgan fingerprint density at radius 3 is 2.63 bits per heavy atom. The summed E-state index contributed by atoms with van der Waals surface area (Å²) in [7, 11) is 1.53. The number of hydrogen-bond donors (Lipinski definition) is 2. The lowest BCUT2D eigenvalue weighted by atomic mass is 10.1. The van der Waals surface area contributed by atoms with E-state index in [-0.39, 0.29) is 18.9 Å². The lowest BCUT2D eigenvalue weighted by Crippen LogP contribution is -2.45. The highest BCUT2D eigenvalue weighted by Crippen LogP contribution is 2.32. The van der Waals surface area contributed by atoms with Gasteiger partial charge < -0.3 is 14.1 Å². The van der Waals surface area contributed by atoms with Crippen LogP contribution >= 0.6 is 0 Å². The summed E-state index contributed by atoms with van der Waals surface area (Å²) in [6, 6.07) is 8.73. The van der Waals surface area contributed by atoms with Gasteiger partial charge in [0.15, 0.2) is 0 Å². The van der Waals surface area contributed by atoms with Gasteiger partial charge in [0.05, 0.1) is 24.3 Å². The van der Waals surface area contributed by atoms with Crippen LogP contribution in [0.25, 0.3) is 0 Å². The third-order valence-corrected chi connectivity index (χ3v) is 4.46. The second-order valence-corrected chi connectivity index (χ2v) is 6.35. The van der Waals surface area contributed by atoms with E-state index in [1.807, 2.05) is 6.07 Å².